The Morgan fingerprint density at radius 2 is 1.98 bits per heavy atom. The van der Waals surface area contributed by atoms with Crippen LogP contribution in [-0.2, 0) is 14.8 Å². The van der Waals surface area contributed by atoms with Crippen molar-refractivity contribution in [3.8, 4) is 5.75 Å². The molecule has 5 rings (SSSR count). The van der Waals surface area contributed by atoms with Crippen molar-refractivity contribution in [2.24, 2.45) is 35.0 Å². The van der Waals surface area contributed by atoms with Gasteiger partial charge in [0.2, 0.25) is 10.0 Å². The number of hydrogen-bond donors (Lipinski definition) is 2. The van der Waals surface area contributed by atoms with Crippen LogP contribution in [0.5, 0.6) is 5.75 Å². The van der Waals surface area contributed by atoms with Crippen LogP contribution < -0.4 is 14.4 Å². The fourth-order valence-corrected chi connectivity index (χ4v) is 8.51. The Labute approximate surface area is 266 Å². The standard InChI is InChI=1S/C34H45ClN2O6S/c1-22-16-24(17-32(38)39)7-8-25-9-10-27(25)20-37-15-5-4-6-28-19-29(35)13-14-34(28,3)21-43-31-12-11-26(18-30(31)37)33(40)36-44(41,42)23(22)2/h7-8,11-14,18-19,22-25,27-28H,4-6,9-10,15-17,20-21H2,1-3H3,(H,36,40)(H,38,39)/b8-7+/t22-,23+,24-,25+,27-,28?,34?/m0/s1. The third-order valence-electron chi connectivity index (χ3n) is 10.3. The Hall–Kier alpha value is -2.78. The zero-order valence-electron chi connectivity index (χ0n) is 25.9. The first-order valence-electron chi connectivity index (χ1n) is 15.9. The number of ether oxygens (including phenoxy) is 1. The highest BCUT2D eigenvalue weighted by atomic mass is 35.5. The highest BCUT2D eigenvalue weighted by Crippen LogP contribution is 2.43. The summed E-state index contributed by atoms with van der Waals surface area (Å²) in [4.78, 5) is 27.4. The molecule has 1 saturated carbocycles. The number of carboxylic acids is 1. The van der Waals surface area contributed by atoms with E-state index in [4.69, 9.17) is 16.3 Å². The van der Waals surface area contributed by atoms with Crippen molar-refractivity contribution in [2.75, 3.05) is 24.6 Å². The first-order chi connectivity index (χ1) is 20.8. The number of carboxylic acid groups (broad SMARTS) is 1. The molecule has 2 aliphatic heterocycles. The quantitative estimate of drug-likeness (QED) is 0.352. The third-order valence-corrected chi connectivity index (χ3v) is 12.5. The van der Waals surface area contributed by atoms with Crippen LogP contribution in [0.2, 0.25) is 0 Å². The van der Waals surface area contributed by atoms with Gasteiger partial charge in [0.15, 0.2) is 0 Å². The van der Waals surface area contributed by atoms with Gasteiger partial charge in [-0.15, -0.1) is 0 Å². The summed E-state index contributed by atoms with van der Waals surface area (Å²) in [7, 11) is -4.02. The van der Waals surface area contributed by atoms with Crippen LogP contribution in [0.3, 0.4) is 0 Å². The minimum Gasteiger partial charge on any atom is -0.490 e. The van der Waals surface area contributed by atoms with E-state index in [0.29, 0.717) is 30.6 Å². The van der Waals surface area contributed by atoms with Crippen LogP contribution >= 0.6 is 11.6 Å². The number of aliphatic carboxylic acids is 1. The molecule has 240 valence electrons. The number of carbonyl (C=O) groups excluding carboxylic acids is 1. The maximum Gasteiger partial charge on any atom is 0.303 e. The van der Waals surface area contributed by atoms with Crippen LogP contribution in [0, 0.1) is 35.0 Å². The van der Waals surface area contributed by atoms with Crippen molar-refractivity contribution in [3.05, 3.63) is 59.2 Å². The molecule has 7 atom stereocenters. The molecule has 0 spiro atoms. The number of sulfonamides is 1. The number of halogens is 1. The number of anilines is 1. The van der Waals surface area contributed by atoms with Gasteiger partial charge in [0.1, 0.15) is 5.75 Å². The number of benzene rings is 1. The molecule has 0 aromatic heterocycles. The molecule has 10 heteroatoms. The van der Waals surface area contributed by atoms with E-state index in [1.165, 1.54) is 0 Å². The average molecular weight is 645 g/mol. The number of carbonyl (C=O) groups is 2. The van der Waals surface area contributed by atoms with Crippen LogP contribution in [0.4, 0.5) is 5.69 Å². The molecule has 2 unspecified atom stereocenters. The maximum atomic E-state index is 13.4. The van der Waals surface area contributed by atoms with Crippen molar-refractivity contribution in [1.29, 1.82) is 0 Å². The van der Waals surface area contributed by atoms with Crippen LogP contribution in [-0.4, -0.2) is 50.3 Å². The van der Waals surface area contributed by atoms with Crippen molar-refractivity contribution in [3.63, 3.8) is 0 Å². The number of fused-ring (bicyclic) bond motifs is 3. The number of amides is 1. The van der Waals surface area contributed by atoms with E-state index in [1.54, 1.807) is 32.0 Å². The average Bonchev–Trinajstić information content (AvgIpc) is 2.97. The first-order valence-corrected chi connectivity index (χ1v) is 17.8. The van der Waals surface area contributed by atoms with E-state index in [2.05, 4.69) is 34.8 Å². The molecule has 2 heterocycles. The van der Waals surface area contributed by atoms with Crippen molar-refractivity contribution in [1.82, 2.24) is 4.72 Å². The fourth-order valence-electron chi connectivity index (χ4n) is 7.01. The molecule has 44 heavy (non-hydrogen) atoms. The van der Waals surface area contributed by atoms with E-state index in [-0.39, 0.29) is 35.2 Å². The molecule has 2 N–H and O–H groups in total. The number of rotatable bonds is 2. The second-order valence-corrected chi connectivity index (χ2v) is 16.0. The second kappa shape index (κ2) is 13.3. The lowest BCUT2D eigenvalue weighted by molar-refractivity contribution is -0.137. The summed E-state index contributed by atoms with van der Waals surface area (Å²) in [6.45, 7) is 7.53. The predicted molar refractivity (Wildman–Crippen MR) is 173 cm³/mol. The smallest absolute Gasteiger partial charge is 0.303 e. The molecule has 1 amide bonds. The second-order valence-electron chi connectivity index (χ2n) is 13.5. The van der Waals surface area contributed by atoms with Gasteiger partial charge in [-0.25, -0.2) is 13.1 Å². The number of nitrogens with one attached hydrogen (secondary N) is 1. The van der Waals surface area contributed by atoms with Crippen molar-refractivity contribution in [2.45, 2.75) is 71.0 Å². The Bertz CT molecular complexity index is 1460. The molecule has 1 aromatic carbocycles. The Kier molecular flexibility index (Phi) is 9.85. The molecular formula is C34H45ClN2O6S. The molecule has 1 fully saturated rings. The number of hydrogen-bond acceptors (Lipinski definition) is 6. The molecule has 1 aromatic rings. The molecule has 8 nitrogen and oxygen atoms in total. The monoisotopic (exact) mass is 644 g/mol. The van der Waals surface area contributed by atoms with Crippen LogP contribution in [0.15, 0.2) is 53.6 Å². The highest BCUT2D eigenvalue weighted by molar-refractivity contribution is 7.90. The summed E-state index contributed by atoms with van der Waals surface area (Å²) >= 11 is 6.40. The Morgan fingerprint density at radius 1 is 1.18 bits per heavy atom. The first kappa shape index (κ1) is 32.6. The summed E-state index contributed by atoms with van der Waals surface area (Å²) in [5, 5.41) is 9.43. The van der Waals surface area contributed by atoms with Gasteiger partial charge in [-0.3, -0.25) is 9.59 Å². The lowest BCUT2D eigenvalue weighted by atomic mass is 9.72. The topological polar surface area (TPSA) is 113 Å². The maximum absolute atomic E-state index is 13.4. The number of nitrogens with zero attached hydrogens (tertiary/aromatic N) is 1. The summed E-state index contributed by atoms with van der Waals surface area (Å²) in [5.74, 6) is -0.659. The largest absolute Gasteiger partial charge is 0.490 e. The van der Waals surface area contributed by atoms with Gasteiger partial charge in [-0.1, -0.05) is 56.2 Å². The molecule has 2 bridgehead atoms. The predicted octanol–water partition coefficient (Wildman–Crippen LogP) is 6.53. The van der Waals surface area contributed by atoms with Crippen molar-refractivity contribution >= 4 is 39.2 Å². The lowest BCUT2D eigenvalue weighted by Crippen LogP contribution is -2.41. The van der Waals surface area contributed by atoms with Gasteiger partial charge in [0, 0.05) is 29.1 Å². The minimum absolute atomic E-state index is 0.0652. The van der Waals surface area contributed by atoms with E-state index >= 15 is 0 Å². The van der Waals surface area contributed by atoms with E-state index < -0.39 is 27.1 Å². The normalized spacial score (nSPS) is 34.9. The third kappa shape index (κ3) is 7.36. The summed E-state index contributed by atoms with van der Waals surface area (Å²) in [5.41, 5.74) is 0.802. The van der Waals surface area contributed by atoms with Gasteiger partial charge in [-0.05, 0) is 92.9 Å². The molecular weight excluding hydrogens is 600 g/mol. The van der Waals surface area contributed by atoms with Gasteiger partial charge < -0.3 is 14.7 Å². The zero-order chi connectivity index (χ0) is 31.6. The molecule has 0 saturated heterocycles. The van der Waals surface area contributed by atoms with E-state index in [0.717, 1.165) is 55.9 Å². The van der Waals surface area contributed by atoms with Gasteiger partial charge >= 0.3 is 5.97 Å². The lowest BCUT2D eigenvalue weighted by Gasteiger charge is -2.40. The van der Waals surface area contributed by atoms with Crippen LogP contribution in [0.1, 0.15) is 76.1 Å². The molecule has 4 aliphatic rings. The van der Waals surface area contributed by atoms with Crippen LogP contribution in [0.25, 0.3) is 0 Å². The van der Waals surface area contributed by atoms with Crippen molar-refractivity contribution < 1.29 is 27.9 Å². The van der Waals surface area contributed by atoms with Gasteiger partial charge in [0.05, 0.1) is 24.0 Å². The summed E-state index contributed by atoms with van der Waals surface area (Å²) in [6.07, 6.45) is 15.7. The minimum atomic E-state index is -4.02. The Morgan fingerprint density at radius 3 is 2.70 bits per heavy atom. The Balaban J connectivity index is 1.53. The molecule has 2 aliphatic carbocycles. The summed E-state index contributed by atoms with van der Waals surface area (Å²) in [6, 6.07) is 5.20. The van der Waals surface area contributed by atoms with E-state index in [1.807, 2.05) is 12.2 Å². The SMILES string of the molecule is C[C@@H]1[C@@H](C)C[C@@H](CC(=O)O)/C=C/[C@@H]2CC[C@H]2CN2CCCCC3C=C(Cl)C=CC3(C)COc3ccc(cc32)C(=O)NS1(=O)=O. The molecule has 0 radical (unpaired) electrons. The van der Waals surface area contributed by atoms with Gasteiger partial charge in [0.25, 0.3) is 5.91 Å². The van der Waals surface area contributed by atoms with Gasteiger partial charge in [-0.2, -0.15) is 0 Å². The van der Waals surface area contributed by atoms with E-state index in [9.17, 15) is 23.1 Å². The highest BCUT2D eigenvalue weighted by Gasteiger charge is 2.37. The number of allylic oxidation sites excluding steroid dienone is 5. The zero-order valence-corrected chi connectivity index (χ0v) is 27.4. The summed E-state index contributed by atoms with van der Waals surface area (Å²) < 4.78 is 35.5. The fraction of sp³-hybridized carbons (Fsp3) is 0.588.